The number of anilines is 1. The van der Waals surface area contributed by atoms with Gasteiger partial charge in [-0.1, -0.05) is 36.3 Å². The van der Waals surface area contributed by atoms with E-state index < -0.39 is 37.3 Å². The highest BCUT2D eigenvalue weighted by Gasteiger charge is 2.44. The van der Waals surface area contributed by atoms with Crippen molar-refractivity contribution in [3.63, 3.8) is 0 Å². The van der Waals surface area contributed by atoms with Crippen molar-refractivity contribution in [1.29, 1.82) is 0 Å². The van der Waals surface area contributed by atoms with Gasteiger partial charge in [0.1, 0.15) is 30.7 Å². The highest BCUT2D eigenvalue weighted by atomic mass is 16.6. The molecule has 3 aromatic rings. The predicted octanol–water partition coefficient (Wildman–Crippen LogP) is -0.895. The summed E-state index contributed by atoms with van der Waals surface area (Å²) >= 11 is 0. The summed E-state index contributed by atoms with van der Waals surface area (Å²) in [5.74, 6) is 5.67. The lowest BCUT2D eigenvalue weighted by atomic mass is 10.1. The molecule has 10 heteroatoms. The summed E-state index contributed by atoms with van der Waals surface area (Å²) < 4.78 is 6.98. The minimum atomic E-state index is -1.36. The Morgan fingerprint density at radius 1 is 1.17 bits per heavy atom. The van der Waals surface area contributed by atoms with Crippen molar-refractivity contribution in [2.24, 2.45) is 0 Å². The lowest BCUT2D eigenvalue weighted by molar-refractivity contribution is -0.0514. The largest absolute Gasteiger partial charge is 0.394 e. The predicted molar refractivity (Wildman–Crippen MR) is 101 cm³/mol. The first-order valence-corrected chi connectivity index (χ1v) is 8.86. The molecule has 6 N–H and O–H groups in total. The molecule has 10 nitrogen and oxygen atoms in total. The summed E-state index contributed by atoms with van der Waals surface area (Å²) in [4.78, 5) is 12.4. The molecule has 3 heterocycles. The second-order valence-corrected chi connectivity index (χ2v) is 6.55. The average molecular weight is 397 g/mol. The van der Waals surface area contributed by atoms with Gasteiger partial charge < -0.3 is 30.9 Å². The SMILES string of the molecule is Nc1ncnc2c1nc(C#CC(O)c1ccccc1)n2[C@@H]1O[C@H](CO)[C@@H](O)[C@H]1O. The number of aliphatic hydroxyl groups excluding tert-OH is 4. The number of nitrogen functional groups attached to an aromatic ring is 1. The summed E-state index contributed by atoms with van der Waals surface area (Å²) in [6.45, 7) is -0.480. The third-order valence-electron chi connectivity index (χ3n) is 4.71. The minimum absolute atomic E-state index is 0.104. The fourth-order valence-corrected chi connectivity index (χ4v) is 3.20. The molecule has 29 heavy (non-hydrogen) atoms. The van der Waals surface area contributed by atoms with E-state index in [1.165, 1.54) is 10.9 Å². The van der Waals surface area contributed by atoms with Gasteiger partial charge in [-0.05, 0) is 11.5 Å². The van der Waals surface area contributed by atoms with Gasteiger partial charge in [-0.15, -0.1) is 0 Å². The number of imidazole rings is 1. The van der Waals surface area contributed by atoms with E-state index in [4.69, 9.17) is 10.5 Å². The van der Waals surface area contributed by atoms with Crippen LogP contribution in [0.25, 0.3) is 11.2 Å². The van der Waals surface area contributed by atoms with Crippen molar-refractivity contribution in [1.82, 2.24) is 19.5 Å². The Morgan fingerprint density at radius 3 is 2.62 bits per heavy atom. The van der Waals surface area contributed by atoms with Crippen LogP contribution in [0.4, 0.5) is 5.82 Å². The van der Waals surface area contributed by atoms with Crippen LogP contribution in [0.2, 0.25) is 0 Å². The molecule has 1 fully saturated rings. The Morgan fingerprint density at radius 2 is 1.93 bits per heavy atom. The molecular weight excluding hydrogens is 378 g/mol. The smallest absolute Gasteiger partial charge is 0.190 e. The molecule has 1 aliphatic rings. The lowest BCUT2D eigenvalue weighted by Crippen LogP contribution is -2.33. The first kappa shape index (κ1) is 19.3. The monoisotopic (exact) mass is 397 g/mol. The quantitative estimate of drug-likeness (QED) is 0.353. The molecule has 0 amide bonds. The minimum Gasteiger partial charge on any atom is -0.394 e. The maximum atomic E-state index is 10.4. The Hall–Kier alpha value is -3.07. The molecule has 0 aliphatic carbocycles. The van der Waals surface area contributed by atoms with Crippen LogP contribution < -0.4 is 5.73 Å². The number of rotatable bonds is 3. The zero-order chi connectivity index (χ0) is 20.5. The second-order valence-electron chi connectivity index (χ2n) is 6.55. The second kappa shape index (κ2) is 7.75. The topological polar surface area (TPSA) is 160 Å². The van der Waals surface area contributed by atoms with Crippen LogP contribution in [-0.2, 0) is 4.74 Å². The van der Waals surface area contributed by atoms with E-state index in [2.05, 4.69) is 26.8 Å². The van der Waals surface area contributed by atoms with Gasteiger partial charge in [-0.3, -0.25) is 4.57 Å². The van der Waals surface area contributed by atoms with Gasteiger partial charge in [0.2, 0.25) is 0 Å². The number of hydrogen-bond acceptors (Lipinski definition) is 9. The molecule has 0 bridgehead atoms. The molecule has 5 atom stereocenters. The van der Waals surface area contributed by atoms with Crippen molar-refractivity contribution in [2.45, 2.75) is 30.6 Å². The van der Waals surface area contributed by atoms with Gasteiger partial charge in [-0.25, -0.2) is 15.0 Å². The van der Waals surface area contributed by atoms with Gasteiger partial charge in [0.15, 0.2) is 29.0 Å². The third-order valence-corrected chi connectivity index (χ3v) is 4.71. The summed E-state index contributed by atoms with van der Waals surface area (Å²) in [6, 6.07) is 8.86. The molecule has 0 saturated carbocycles. The van der Waals surface area contributed by atoms with E-state index >= 15 is 0 Å². The first-order chi connectivity index (χ1) is 14.0. The molecule has 1 aromatic carbocycles. The van der Waals surface area contributed by atoms with Crippen LogP contribution >= 0.6 is 0 Å². The van der Waals surface area contributed by atoms with Crippen molar-refractivity contribution in [3.05, 3.63) is 48.0 Å². The van der Waals surface area contributed by atoms with Crippen molar-refractivity contribution in [3.8, 4) is 11.8 Å². The summed E-state index contributed by atoms with van der Waals surface area (Å²) in [5.41, 5.74) is 6.97. The van der Waals surface area contributed by atoms with Crippen LogP contribution in [0.3, 0.4) is 0 Å². The number of nitrogens with zero attached hydrogens (tertiary/aromatic N) is 4. The fourth-order valence-electron chi connectivity index (χ4n) is 3.20. The molecule has 4 rings (SSSR count). The van der Waals surface area contributed by atoms with Crippen LogP contribution in [0.5, 0.6) is 0 Å². The number of nitrogens with two attached hydrogens (primary N) is 1. The number of aromatic nitrogens is 4. The van der Waals surface area contributed by atoms with Crippen molar-refractivity contribution < 1.29 is 25.2 Å². The Balaban J connectivity index is 1.80. The van der Waals surface area contributed by atoms with Crippen LogP contribution in [0.15, 0.2) is 36.7 Å². The average Bonchev–Trinajstić information content (AvgIpc) is 3.25. The van der Waals surface area contributed by atoms with E-state index in [0.717, 1.165) is 0 Å². The first-order valence-electron chi connectivity index (χ1n) is 8.86. The molecular formula is C19H19N5O5. The lowest BCUT2D eigenvalue weighted by Gasteiger charge is -2.17. The molecule has 150 valence electrons. The molecule has 1 aliphatic heterocycles. The molecule has 0 spiro atoms. The standard InChI is InChI=1S/C19H19N5O5/c20-17-14-18(22-9-21-17)24(19-16(28)15(27)12(8-25)29-19)13(23-14)7-6-11(26)10-4-2-1-3-5-10/h1-5,9,11-12,15-16,19,25-28H,8H2,(H2,20,21,22)/t11?,12-,15-,16-,19-/m1/s1. The molecule has 0 radical (unpaired) electrons. The zero-order valence-electron chi connectivity index (χ0n) is 15.1. The van der Waals surface area contributed by atoms with Crippen LogP contribution in [0, 0.1) is 11.8 Å². The number of aliphatic hydroxyl groups is 4. The highest BCUT2D eigenvalue weighted by Crippen LogP contribution is 2.33. The summed E-state index contributed by atoms with van der Waals surface area (Å²) in [5, 5.41) is 40.2. The van der Waals surface area contributed by atoms with Gasteiger partial charge in [0.05, 0.1) is 6.61 Å². The van der Waals surface area contributed by atoms with Crippen molar-refractivity contribution >= 4 is 17.0 Å². The zero-order valence-corrected chi connectivity index (χ0v) is 15.1. The van der Waals surface area contributed by atoms with Crippen LogP contribution in [-0.4, -0.2) is 64.9 Å². The fraction of sp³-hybridized carbons (Fsp3) is 0.316. The number of ether oxygens (including phenoxy) is 1. The van der Waals surface area contributed by atoms with Gasteiger partial charge in [0, 0.05) is 0 Å². The van der Waals surface area contributed by atoms with Gasteiger partial charge >= 0.3 is 0 Å². The molecule has 1 saturated heterocycles. The Labute approximate surface area is 165 Å². The number of benzene rings is 1. The van der Waals surface area contributed by atoms with E-state index in [-0.39, 0.29) is 22.8 Å². The van der Waals surface area contributed by atoms with E-state index in [1.807, 2.05) is 6.07 Å². The third kappa shape index (κ3) is 3.42. The number of hydrogen-bond donors (Lipinski definition) is 5. The van der Waals surface area contributed by atoms with E-state index in [0.29, 0.717) is 5.56 Å². The summed E-state index contributed by atoms with van der Waals surface area (Å²) in [7, 11) is 0. The van der Waals surface area contributed by atoms with E-state index in [9.17, 15) is 20.4 Å². The van der Waals surface area contributed by atoms with Crippen molar-refractivity contribution in [2.75, 3.05) is 12.3 Å². The van der Waals surface area contributed by atoms with Crippen LogP contribution in [0.1, 0.15) is 23.7 Å². The van der Waals surface area contributed by atoms with Gasteiger partial charge in [-0.2, -0.15) is 0 Å². The number of fused-ring (bicyclic) bond motifs is 1. The van der Waals surface area contributed by atoms with E-state index in [1.54, 1.807) is 24.3 Å². The normalized spacial score (nSPS) is 25.0. The Kier molecular flexibility index (Phi) is 5.14. The maximum absolute atomic E-state index is 10.4. The molecule has 1 unspecified atom stereocenters. The Bertz CT molecular complexity index is 1080. The van der Waals surface area contributed by atoms with Gasteiger partial charge in [0.25, 0.3) is 0 Å². The molecule has 2 aromatic heterocycles. The summed E-state index contributed by atoms with van der Waals surface area (Å²) in [6.07, 6.45) is -4.61. The maximum Gasteiger partial charge on any atom is 0.190 e. The highest BCUT2D eigenvalue weighted by molar-refractivity contribution is 5.82.